The molecule has 0 saturated heterocycles. The van der Waals surface area contributed by atoms with Gasteiger partial charge in [0.25, 0.3) is 0 Å². The Morgan fingerprint density at radius 2 is 2.22 bits per heavy atom. The lowest BCUT2D eigenvalue weighted by atomic mass is 9.98. The van der Waals surface area contributed by atoms with Crippen LogP contribution in [0.2, 0.25) is 0 Å². The molecular weight excluding hydrogens is 233 g/mol. The van der Waals surface area contributed by atoms with Gasteiger partial charge in [-0.25, -0.2) is 9.40 Å². The highest BCUT2D eigenvalue weighted by Crippen LogP contribution is 2.34. The highest BCUT2D eigenvalue weighted by atomic mass is 19.1. The molecule has 3 aliphatic heterocycles. The molecule has 0 aromatic rings. The third kappa shape index (κ3) is 1.56. The lowest BCUT2D eigenvalue weighted by molar-refractivity contribution is 0.0729. The van der Waals surface area contributed by atoms with Crippen LogP contribution in [0.15, 0.2) is 51.4 Å². The maximum Gasteiger partial charge on any atom is 0.172 e. The van der Waals surface area contributed by atoms with Gasteiger partial charge >= 0.3 is 0 Å². The van der Waals surface area contributed by atoms with Gasteiger partial charge < -0.3 is 4.90 Å². The maximum absolute atomic E-state index is 14.0. The Balaban J connectivity index is 1.92. The van der Waals surface area contributed by atoms with Gasteiger partial charge in [-0.05, 0) is 12.2 Å². The molecule has 0 spiro atoms. The van der Waals surface area contributed by atoms with E-state index in [0.717, 1.165) is 5.70 Å². The quantitative estimate of drug-likeness (QED) is 0.713. The molecule has 0 aromatic heterocycles. The van der Waals surface area contributed by atoms with E-state index in [1.54, 1.807) is 22.2 Å². The number of nitrogens with zero attached hydrogens (tertiary/aromatic N) is 5. The molecule has 0 bridgehead atoms. The lowest BCUT2D eigenvalue weighted by Crippen LogP contribution is -2.49. The Hall–Kier alpha value is -1.98. The summed E-state index contributed by atoms with van der Waals surface area (Å²) in [6, 6.07) is -0.0411. The largest absolute Gasteiger partial charge is 0.354 e. The number of hydrogen-bond donors (Lipinski definition) is 0. The van der Waals surface area contributed by atoms with Crippen molar-refractivity contribution < 1.29 is 4.39 Å². The zero-order chi connectivity index (χ0) is 12.7. The van der Waals surface area contributed by atoms with Crippen LogP contribution >= 0.6 is 0 Å². The van der Waals surface area contributed by atoms with Crippen LogP contribution in [0.25, 0.3) is 0 Å². The van der Waals surface area contributed by atoms with E-state index in [4.69, 9.17) is 0 Å². The smallest absolute Gasteiger partial charge is 0.172 e. The van der Waals surface area contributed by atoms with E-state index in [9.17, 15) is 4.39 Å². The van der Waals surface area contributed by atoms with E-state index >= 15 is 0 Å². The van der Waals surface area contributed by atoms with Gasteiger partial charge in [-0.2, -0.15) is 0 Å². The Morgan fingerprint density at radius 3 is 3.00 bits per heavy atom. The molecule has 0 N–H and O–H groups in total. The van der Waals surface area contributed by atoms with Crippen LogP contribution < -0.4 is 0 Å². The fraction of sp³-hybridized carbons (Fsp3) is 0.417. The summed E-state index contributed by atoms with van der Waals surface area (Å²) in [5, 5.41) is 9.90. The fourth-order valence-electron chi connectivity index (χ4n) is 2.45. The third-order valence-corrected chi connectivity index (χ3v) is 3.34. The monoisotopic (exact) mass is 247 g/mol. The molecule has 6 heteroatoms. The topological polar surface area (TPSA) is 43.6 Å². The van der Waals surface area contributed by atoms with Gasteiger partial charge in [0.1, 0.15) is 17.6 Å². The van der Waals surface area contributed by atoms with Gasteiger partial charge in [0.05, 0.1) is 6.20 Å². The second-order valence-corrected chi connectivity index (χ2v) is 4.66. The van der Waals surface area contributed by atoms with E-state index in [1.165, 1.54) is 6.08 Å². The average molecular weight is 247 g/mol. The zero-order valence-corrected chi connectivity index (χ0v) is 10.2. The van der Waals surface area contributed by atoms with Gasteiger partial charge in [0, 0.05) is 25.4 Å². The minimum Gasteiger partial charge on any atom is -0.354 e. The molecule has 18 heavy (non-hydrogen) atoms. The minimum atomic E-state index is -0.524. The Kier molecular flexibility index (Phi) is 2.50. The molecule has 5 nitrogen and oxygen atoms in total. The highest BCUT2D eigenvalue weighted by Gasteiger charge is 2.40. The summed E-state index contributed by atoms with van der Waals surface area (Å²) in [7, 11) is 1.83. The Labute approximate surface area is 105 Å². The minimum absolute atomic E-state index is 0.0411. The molecule has 3 aliphatic rings. The van der Waals surface area contributed by atoms with Crippen LogP contribution in [0, 0.1) is 5.92 Å². The van der Waals surface area contributed by atoms with Crippen LogP contribution in [0.1, 0.15) is 6.92 Å². The second kappa shape index (κ2) is 4.04. The van der Waals surface area contributed by atoms with Gasteiger partial charge in [0.15, 0.2) is 6.17 Å². The molecule has 0 amide bonds. The molecule has 0 aromatic carbocycles. The molecule has 94 valence electrons. The molecule has 0 aliphatic carbocycles. The van der Waals surface area contributed by atoms with Gasteiger partial charge in [0.2, 0.25) is 0 Å². The number of fused-ring (bicyclic) bond motifs is 1. The van der Waals surface area contributed by atoms with Crippen LogP contribution in [-0.4, -0.2) is 35.4 Å². The highest BCUT2D eigenvalue weighted by molar-refractivity contribution is 5.65. The van der Waals surface area contributed by atoms with Crippen molar-refractivity contribution in [3.63, 3.8) is 0 Å². The first-order valence-electron chi connectivity index (χ1n) is 5.87. The predicted octanol–water partition coefficient (Wildman–Crippen LogP) is 2.24. The number of halogens is 1. The summed E-state index contributed by atoms with van der Waals surface area (Å²) < 4.78 is 14.0. The zero-order valence-electron chi connectivity index (χ0n) is 10.2. The van der Waals surface area contributed by atoms with Crippen LogP contribution in [0.3, 0.4) is 0 Å². The first-order valence-corrected chi connectivity index (χ1v) is 5.87. The Morgan fingerprint density at radius 1 is 1.39 bits per heavy atom. The van der Waals surface area contributed by atoms with Crippen molar-refractivity contribution in [2.45, 2.75) is 19.1 Å². The molecule has 0 fully saturated rings. The number of rotatable bonds is 1. The van der Waals surface area contributed by atoms with Crippen LogP contribution in [-0.2, 0) is 0 Å². The number of hydrogen-bond acceptors (Lipinski definition) is 5. The number of allylic oxidation sites excluding steroid dienone is 2. The van der Waals surface area contributed by atoms with E-state index in [0.29, 0.717) is 0 Å². The average Bonchev–Trinajstić information content (AvgIpc) is 2.74. The lowest BCUT2D eigenvalue weighted by Gasteiger charge is -2.38. The molecule has 3 atom stereocenters. The Bertz CT molecular complexity index is 505. The third-order valence-electron chi connectivity index (χ3n) is 3.34. The first-order chi connectivity index (χ1) is 8.68. The summed E-state index contributed by atoms with van der Waals surface area (Å²) in [4.78, 5) is 5.90. The fourth-order valence-corrected chi connectivity index (χ4v) is 2.45. The van der Waals surface area contributed by atoms with E-state index in [-0.39, 0.29) is 17.8 Å². The van der Waals surface area contributed by atoms with E-state index in [1.807, 2.05) is 26.4 Å². The molecule has 3 heterocycles. The van der Waals surface area contributed by atoms with Crippen LogP contribution in [0.4, 0.5) is 4.39 Å². The standard InChI is InChI=1S/C12H14FN5/c1-8-6-14-7-10-11(8)18(16-15-10)12-9(13)4-3-5-17(12)2/h3-8,11-12H,1-2H3. The van der Waals surface area contributed by atoms with E-state index < -0.39 is 6.17 Å². The van der Waals surface area contributed by atoms with Crippen molar-refractivity contribution in [3.05, 3.63) is 36.1 Å². The van der Waals surface area contributed by atoms with Crippen molar-refractivity contribution in [1.29, 1.82) is 0 Å². The SMILES string of the molecule is CC1C=NC=C2N=NN(C3C(F)=CC=CN3C)C21. The molecule has 0 radical (unpaired) electrons. The summed E-state index contributed by atoms with van der Waals surface area (Å²) in [5.41, 5.74) is 0.792. The molecular formula is C12H14FN5. The molecule has 0 saturated carbocycles. The van der Waals surface area contributed by atoms with Gasteiger partial charge in [-0.3, -0.25) is 4.99 Å². The molecule has 3 unspecified atom stereocenters. The first kappa shape index (κ1) is 11.1. The maximum atomic E-state index is 14.0. The summed E-state index contributed by atoms with van der Waals surface area (Å²) in [5.74, 6) is -0.0676. The normalized spacial score (nSPS) is 33.6. The van der Waals surface area contributed by atoms with Crippen molar-refractivity contribution >= 4 is 6.21 Å². The van der Waals surface area contributed by atoms with Crippen molar-refractivity contribution in [2.75, 3.05) is 7.05 Å². The summed E-state index contributed by atoms with van der Waals surface area (Å²) >= 11 is 0. The summed E-state index contributed by atoms with van der Waals surface area (Å²) in [6.07, 6.45) is 7.98. The van der Waals surface area contributed by atoms with Crippen LogP contribution in [0.5, 0.6) is 0 Å². The summed E-state index contributed by atoms with van der Waals surface area (Å²) in [6.45, 7) is 2.03. The van der Waals surface area contributed by atoms with Crippen molar-refractivity contribution in [3.8, 4) is 0 Å². The van der Waals surface area contributed by atoms with Crippen molar-refractivity contribution in [2.24, 2.45) is 21.2 Å². The van der Waals surface area contributed by atoms with Gasteiger partial charge in [-0.15, -0.1) is 5.11 Å². The number of aliphatic imine (C=N–C) groups is 1. The predicted molar refractivity (Wildman–Crippen MR) is 66.1 cm³/mol. The van der Waals surface area contributed by atoms with Crippen molar-refractivity contribution in [1.82, 2.24) is 9.91 Å². The van der Waals surface area contributed by atoms with E-state index in [2.05, 4.69) is 15.3 Å². The second-order valence-electron chi connectivity index (χ2n) is 4.66. The van der Waals surface area contributed by atoms with Gasteiger partial charge in [-0.1, -0.05) is 12.1 Å². The number of likely N-dealkylation sites (N-methyl/N-ethyl adjacent to an activating group) is 1. The molecule has 3 rings (SSSR count).